The Balaban J connectivity index is 0. The fourth-order valence-corrected chi connectivity index (χ4v) is 0.176. The summed E-state index contributed by atoms with van der Waals surface area (Å²) in [4.78, 5) is 0. The smallest absolute Gasteiger partial charge is 0.385 e. The molecule has 0 rings (SSSR count). The molecule has 0 aromatic carbocycles. The first-order chi connectivity index (χ1) is 3.85. The van der Waals surface area contributed by atoms with Crippen LogP contribution in [0.5, 0.6) is 0 Å². The molecule has 0 fully saturated rings. The molecular formula is C3H6ClF3N2O. The average molecular weight is 179 g/mol. The Kier molecular flexibility index (Phi) is 4.42. The average Bonchev–Trinajstić information content (AvgIpc) is 1.62. The minimum Gasteiger partial charge on any atom is -0.385 e. The standard InChI is InChI=1S/C3H5F3N2O.ClH/c4-3(5,6)1(9)2(7)8;/h1,9H,(H3,7,8);1H. The van der Waals surface area contributed by atoms with Crippen LogP contribution in [0, 0.1) is 5.41 Å². The lowest BCUT2D eigenvalue weighted by atomic mass is 10.3. The zero-order valence-corrected chi connectivity index (χ0v) is 5.46. The second-order valence-corrected chi connectivity index (χ2v) is 1.40. The van der Waals surface area contributed by atoms with E-state index in [4.69, 9.17) is 10.5 Å². The van der Waals surface area contributed by atoms with Crippen LogP contribution >= 0.6 is 12.4 Å². The van der Waals surface area contributed by atoms with E-state index in [2.05, 4.69) is 5.73 Å². The van der Waals surface area contributed by atoms with Gasteiger partial charge in [-0.05, 0) is 0 Å². The maximum Gasteiger partial charge on any atom is 0.421 e. The number of hydrogen-bond acceptors (Lipinski definition) is 2. The largest absolute Gasteiger partial charge is 0.421 e. The molecule has 1 unspecified atom stereocenters. The lowest BCUT2D eigenvalue weighted by Gasteiger charge is -2.11. The number of aliphatic hydroxyl groups excluding tert-OH is 1. The van der Waals surface area contributed by atoms with E-state index in [1.54, 1.807) is 0 Å². The molecule has 0 aromatic rings. The maximum absolute atomic E-state index is 11.2. The van der Waals surface area contributed by atoms with Crippen LogP contribution in [-0.4, -0.2) is 23.2 Å². The Morgan fingerprint density at radius 3 is 1.80 bits per heavy atom. The first-order valence-corrected chi connectivity index (χ1v) is 1.94. The molecular weight excluding hydrogens is 172 g/mol. The van der Waals surface area contributed by atoms with Crippen LogP contribution in [0.1, 0.15) is 0 Å². The summed E-state index contributed by atoms with van der Waals surface area (Å²) in [6.45, 7) is 0. The predicted molar refractivity (Wildman–Crippen MR) is 31.2 cm³/mol. The molecule has 0 bridgehead atoms. The number of alkyl halides is 3. The minimum atomic E-state index is -4.81. The first-order valence-electron chi connectivity index (χ1n) is 1.94. The number of nitrogens with one attached hydrogen (secondary N) is 1. The lowest BCUT2D eigenvalue weighted by Crippen LogP contribution is -2.40. The highest BCUT2D eigenvalue weighted by Gasteiger charge is 2.40. The molecule has 0 aromatic heterocycles. The van der Waals surface area contributed by atoms with Crippen molar-refractivity contribution in [2.45, 2.75) is 12.3 Å². The number of halogens is 4. The molecule has 0 saturated heterocycles. The summed E-state index contributed by atoms with van der Waals surface area (Å²) in [5.74, 6) is -1.29. The molecule has 10 heavy (non-hydrogen) atoms. The molecule has 0 aliphatic carbocycles. The van der Waals surface area contributed by atoms with Crippen LogP contribution < -0.4 is 5.73 Å². The third-order valence-electron chi connectivity index (χ3n) is 0.605. The third-order valence-corrected chi connectivity index (χ3v) is 0.605. The quantitative estimate of drug-likeness (QED) is 0.398. The summed E-state index contributed by atoms with van der Waals surface area (Å²) in [5, 5.41) is 14.2. The SMILES string of the molecule is Cl.N=C(N)C(O)C(F)(F)F. The van der Waals surface area contributed by atoms with Crippen LogP contribution in [-0.2, 0) is 0 Å². The van der Waals surface area contributed by atoms with Crippen molar-refractivity contribution < 1.29 is 18.3 Å². The normalized spacial score (nSPS) is 13.6. The third kappa shape index (κ3) is 3.52. The van der Waals surface area contributed by atoms with Crippen molar-refractivity contribution in [1.29, 1.82) is 5.41 Å². The fraction of sp³-hybridized carbons (Fsp3) is 0.667. The monoisotopic (exact) mass is 178 g/mol. The van der Waals surface area contributed by atoms with Gasteiger partial charge in [-0.25, -0.2) is 0 Å². The van der Waals surface area contributed by atoms with E-state index < -0.39 is 18.1 Å². The second-order valence-electron chi connectivity index (χ2n) is 1.40. The Labute approximate surface area is 60.9 Å². The molecule has 0 spiro atoms. The van der Waals surface area contributed by atoms with Crippen molar-refractivity contribution >= 4 is 18.2 Å². The van der Waals surface area contributed by atoms with Gasteiger partial charge in [0.25, 0.3) is 0 Å². The van der Waals surface area contributed by atoms with Gasteiger partial charge in [0.2, 0.25) is 6.10 Å². The molecule has 0 aliphatic heterocycles. The van der Waals surface area contributed by atoms with Gasteiger partial charge in [-0.1, -0.05) is 0 Å². The van der Waals surface area contributed by atoms with Gasteiger partial charge in [0.1, 0.15) is 5.84 Å². The van der Waals surface area contributed by atoms with Gasteiger partial charge < -0.3 is 10.8 Å². The summed E-state index contributed by atoms with van der Waals surface area (Å²) in [7, 11) is 0. The Hall–Kier alpha value is -0.490. The highest BCUT2D eigenvalue weighted by atomic mass is 35.5. The van der Waals surface area contributed by atoms with Crippen molar-refractivity contribution in [3.05, 3.63) is 0 Å². The van der Waals surface area contributed by atoms with E-state index in [0.717, 1.165) is 0 Å². The van der Waals surface area contributed by atoms with Crippen molar-refractivity contribution in [2.75, 3.05) is 0 Å². The van der Waals surface area contributed by atoms with Crippen LogP contribution in [0.2, 0.25) is 0 Å². The van der Waals surface area contributed by atoms with Crippen molar-refractivity contribution in [1.82, 2.24) is 0 Å². The van der Waals surface area contributed by atoms with E-state index in [0.29, 0.717) is 0 Å². The van der Waals surface area contributed by atoms with Gasteiger partial charge >= 0.3 is 6.18 Å². The Morgan fingerprint density at radius 2 is 1.80 bits per heavy atom. The summed E-state index contributed by atoms with van der Waals surface area (Å²) >= 11 is 0. The second kappa shape index (κ2) is 3.62. The number of aliphatic hydroxyl groups is 1. The highest BCUT2D eigenvalue weighted by molar-refractivity contribution is 5.85. The summed E-state index contributed by atoms with van der Waals surface area (Å²) in [6, 6.07) is 0. The van der Waals surface area contributed by atoms with Gasteiger partial charge in [0.05, 0.1) is 0 Å². The summed E-state index contributed by atoms with van der Waals surface area (Å²) in [6.07, 6.45) is -7.64. The fourth-order valence-electron chi connectivity index (χ4n) is 0.176. The van der Waals surface area contributed by atoms with Gasteiger partial charge in [0.15, 0.2) is 0 Å². The topological polar surface area (TPSA) is 70.1 Å². The molecule has 62 valence electrons. The summed E-state index contributed by atoms with van der Waals surface area (Å²) in [5.41, 5.74) is 4.34. The Bertz CT molecular complexity index is 125. The molecule has 0 saturated carbocycles. The van der Waals surface area contributed by atoms with Gasteiger partial charge in [0, 0.05) is 0 Å². The van der Waals surface area contributed by atoms with E-state index in [9.17, 15) is 13.2 Å². The predicted octanol–water partition coefficient (Wildman–Crippen LogP) is 0.267. The van der Waals surface area contributed by atoms with Crippen LogP contribution in [0.4, 0.5) is 13.2 Å². The lowest BCUT2D eigenvalue weighted by molar-refractivity contribution is -0.181. The molecule has 0 radical (unpaired) electrons. The molecule has 0 heterocycles. The molecule has 1 atom stereocenters. The maximum atomic E-state index is 11.2. The summed E-state index contributed by atoms with van der Waals surface area (Å²) < 4.78 is 33.7. The van der Waals surface area contributed by atoms with Crippen molar-refractivity contribution in [3.63, 3.8) is 0 Å². The number of nitrogens with two attached hydrogens (primary N) is 1. The number of amidine groups is 1. The molecule has 7 heteroatoms. The first kappa shape index (κ1) is 12.2. The van der Waals surface area contributed by atoms with Crippen LogP contribution in [0.25, 0.3) is 0 Å². The zero-order valence-electron chi connectivity index (χ0n) is 4.64. The van der Waals surface area contributed by atoms with Crippen molar-refractivity contribution in [3.8, 4) is 0 Å². The zero-order chi connectivity index (χ0) is 7.65. The van der Waals surface area contributed by atoms with E-state index in [-0.39, 0.29) is 12.4 Å². The van der Waals surface area contributed by atoms with Gasteiger partial charge in [-0.15, -0.1) is 12.4 Å². The van der Waals surface area contributed by atoms with Crippen molar-refractivity contribution in [2.24, 2.45) is 5.73 Å². The van der Waals surface area contributed by atoms with E-state index in [1.165, 1.54) is 0 Å². The minimum absolute atomic E-state index is 0. The molecule has 3 nitrogen and oxygen atoms in total. The van der Waals surface area contributed by atoms with Gasteiger partial charge in [-0.3, -0.25) is 5.41 Å². The Morgan fingerprint density at radius 1 is 1.50 bits per heavy atom. The molecule has 0 amide bonds. The van der Waals surface area contributed by atoms with Crippen LogP contribution in [0.15, 0.2) is 0 Å². The van der Waals surface area contributed by atoms with Crippen LogP contribution in [0.3, 0.4) is 0 Å². The molecule has 0 aliphatic rings. The number of hydrogen-bond donors (Lipinski definition) is 3. The highest BCUT2D eigenvalue weighted by Crippen LogP contribution is 2.19. The van der Waals surface area contributed by atoms with Gasteiger partial charge in [-0.2, -0.15) is 13.2 Å². The van der Waals surface area contributed by atoms with E-state index in [1.807, 2.05) is 0 Å². The molecule has 4 N–H and O–H groups in total. The number of rotatable bonds is 1. The van der Waals surface area contributed by atoms with E-state index >= 15 is 0 Å².